The maximum absolute atomic E-state index is 14.0. The third-order valence-corrected chi connectivity index (χ3v) is 10.6. The average Bonchev–Trinajstić information content (AvgIpc) is 3.58. The summed E-state index contributed by atoms with van der Waals surface area (Å²) in [5.74, 6) is -1.32. The lowest BCUT2D eigenvalue weighted by Crippen LogP contribution is -2.39. The van der Waals surface area contributed by atoms with Gasteiger partial charge in [0.1, 0.15) is 10.4 Å². The molecule has 2 aliphatic heterocycles. The minimum Gasteiger partial charge on any atom is -0.481 e. The third-order valence-electron chi connectivity index (χ3n) is 8.74. The Hall–Kier alpha value is -3.76. The van der Waals surface area contributed by atoms with Gasteiger partial charge in [0.25, 0.3) is 0 Å². The molecule has 3 heterocycles. The molecular weight excluding hydrogens is 538 g/mol. The number of aryl methyl sites for hydroxylation is 3. The lowest BCUT2D eigenvalue weighted by atomic mass is 9.84. The number of benzene rings is 3. The standard InChI is InChI=1S/C31H35N5O4S/c1-4-36-28-14-13-25(21(3)31(28)32-33-36)26(17-30(37)38)22-12-11-20(2)23(16-22)18-34-19-24-8-7-15-35(24)27-9-5-6-10-29(27)41(34,39)40/h5-6,9-14,16,24,26H,4,7-8,15,17-19H2,1-3H3,(H,37,38)/t24-,26+/m1/s1. The van der Waals surface area contributed by atoms with Crippen molar-refractivity contribution in [3.63, 3.8) is 0 Å². The van der Waals surface area contributed by atoms with E-state index in [4.69, 9.17) is 0 Å². The Morgan fingerprint density at radius 1 is 1.12 bits per heavy atom. The highest BCUT2D eigenvalue weighted by Crippen LogP contribution is 2.39. The molecule has 1 saturated heterocycles. The van der Waals surface area contributed by atoms with E-state index in [9.17, 15) is 18.3 Å². The number of rotatable bonds is 7. The van der Waals surface area contributed by atoms with Crippen LogP contribution in [0.25, 0.3) is 11.0 Å². The lowest BCUT2D eigenvalue weighted by Gasteiger charge is -2.27. The molecule has 0 spiro atoms. The first-order valence-corrected chi connectivity index (χ1v) is 15.6. The number of aliphatic carboxylic acids is 1. The highest BCUT2D eigenvalue weighted by Gasteiger charge is 2.39. The molecule has 4 aromatic rings. The maximum Gasteiger partial charge on any atom is 0.304 e. The monoisotopic (exact) mass is 573 g/mol. The second kappa shape index (κ2) is 10.6. The molecule has 10 heteroatoms. The van der Waals surface area contributed by atoms with Crippen LogP contribution in [-0.2, 0) is 27.9 Å². The van der Waals surface area contributed by atoms with Crippen LogP contribution in [0.3, 0.4) is 0 Å². The van der Waals surface area contributed by atoms with Gasteiger partial charge in [-0.3, -0.25) is 4.79 Å². The number of carboxylic acids is 1. The summed E-state index contributed by atoms with van der Waals surface area (Å²) in [6.07, 6.45) is 1.89. The minimum atomic E-state index is -3.73. The molecular formula is C31H35N5O4S. The van der Waals surface area contributed by atoms with Crippen LogP contribution in [0.1, 0.15) is 59.9 Å². The molecule has 214 valence electrons. The van der Waals surface area contributed by atoms with Crippen molar-refractivity contribution in [3.8, 4) is 0 Å². The van der Waals surface area contributed by atoms with Gasteiger partial charge in [0, 0.05) is 38.1 Å². The zero-order valence-electron chi connectivity index (χ0n) is 23.6. The van der Waals surface area contributed by atoms with Crippen molar-refractivity contribution in [1.82, 2.24) is 19.3 Å². The van der Waals surface area contributed by atoms with Crippen molar-refractivity contribution in [2.75, 3.05) is 18.0 Å². The Bertz CT molecular complexity index is 1750. The molecule has 6 rings (SSSR count). The summed E-state index contributed by atoms with van der Waals surface area (Å²) in [5, 5.41) is 18.5. The minimum absolute atomic E-state index is 0.0941. The molecule has 9 nitrogen and oxygen atoms in total. The molecule has 1 aromatic heterocycles. The van der Waals surface area contributed by atoms with Crippen LogP contribution < -0.4 is 4.90 Å². The molecule has 0 bridgehead atoms. The van der Waals surface area contributed by atoms with Gasteiger partial charge in [0.2, 0.25) is 10.0 Å². The van der Waals surface area contributed by atoms with Crippen LogP contribution in [0.5, 0.6) is 0 Å². The molecule has 0 saturated carbocycles. The largest absolute Gasteiger partial charge is 0.481 e. The van der Waals surface area contributed by atoms with E-state index in [1.807, 2.05) is 67.9 Å². The van der Waals surface area contributed by atoms with Gasteiger partial charge >= 0.3 is 5.97 Å². The zero-order chi connectivity index (χ0) is 28.9. The Morgan fingerprint density at radius 2 is 1.93 bits per heavy atom. The van der Waals surface area contributed by atoms with E-state index in [1.54, 1.807) is 16.4 Å². The SMILES string of the molecule is CCn1nnc2c(C)c([C@@H](CC(=O)O)c3ccc(C)c(CN4C[C@H]5CCCN5c5ccccc5S4(=O)=O)c3)ccc21. The number of sulfonamides is 1. The second-order valence-electron chi connectivity index (χ2n) is 11.1. The van der Waals surface area contributed by atoms with Gasteiger partial charge in [-0.1, -0.05) is 41.6 Å². The molecule has 2 aliphatic rings. The van der Waals surface area contributed by atoms with Gasteiger partial charge in [0.05, 0.1) is 17.6 Å². The predicted molar refractivity (Wildman–Crippen MR) is 158 cm³/mol. The number of fused-ring (bicyclic) bond motifs is 4. The number of nitrogens with zero attached hydrogens (tertiary/aromatic N) is 5. The first-order valence-electron chi connectivity index (χ1n) is 14.2. The topological polar surface area (TPSA) is 109 Å². The predicted octanol–water partition coefficient (Wildman–Crippen LogP) is 4.85. The Labute approximate surface area is 240 Å². The molecule has 41 heavy (non-hydrogen) atoms. The summed E-state index contributed by atoms with van der Waals surface area (Å²) in [6.45, 7) is 8.14. The fraction of sp³-hybridized carbons (Fsp3) is 0.387. The number of para-hydroxylation sites is 1. The van der Waals surface area contributed by atoms with Crippen molar-refractivity contribution in [2.24, 2.45) is 0 Å². The number of aromatic nitrogens is 3. The molecule has 0 aliphatic carbocycles. The van der Waals surface area contributed by atoms with E-state index >= 15 is 0 Å². The summed E-state index contributed by atoms with van der Waals surface area (Å²) in [5.41, 5.74) is 6.95. The highest BCUT2D eigenvalue weighted by atomic mass is 32.2. The van der Waals surface area contributed by atoms with Crippen LogP contribution in [0, 0.1) is 13.8 Å². The fourth-order valence-corrected chi connectivity index (χ4v) is 8.18. The fourth-order valence-electron chi connectivity index (χ4n) is 6.52. The molecule has 0 unspecified atom stereocenters. The van der Waals surface area contributed by atoms with E-state index in [0.717, 1.165) is 63.9 Å². The quantitative estimate of drug-likeness (QED) is 0.337. The van der Waals surface area contributed by atoms with Gasteiger partial charge in [-0.15, -0.1) is 5.10 Å². The number of carboxylic acid groups (broad SMARTS) is 1. The molecule has 2 atom stereocenters. The average molecular weight is 574 g/mol. The molecule has 0 amide bonds. The van der Waals surface area contributed by atoms with Crippen LogP contribution in [0.4, 0.5) is 5.69 Å². The van der Waals surface area contributed by atoms with Crippen molar-refractivity contribution in [1.29, 1.82) is 0 Å². The first kappa shape index (κ1) is 27.4. The van der Waals surface area contributed by atoms with E-state index in [0.29, 0.717) is 18.0 Å². The summed E-state index contributed by atoms with van der Waals surface area (Å²) in [4.78, 5) is 14.7. The number of hydrogen-bond donors (Lipinski definition) is 1. The van der Waals surface area contributed by atoms with Gasteiger partial charge in [-0.25, -0.2) is 13.1 Å². The van der Waals surface area contributed by atoms with Crippen LogP contribution in [0.15, 0.2) is 59.5 Å². The molecule has 0 radical (unpaired) electrons. The molecule has 1 fully saturated rings. The Morgan fingerprint density at radius 3 is 2.71 bits per heavy atom. The van der Waals surface area contributed by atoms with Crippen molar-refractivity contribution in [2.45, 2.75) is 70.0 Å². The van der Waals surface area contributed by atoms with E-state index < -0.39 is 21.9 Å². The molecule has 3 aromatic carbocycles. The second-order valence-corrected chi connectivity index (χ2v) is 13.1. The summed E-state index contributed by atoms with van der Waals surface area (Å²) >= 11 is 0. The number of hydrogen-bond acceptors (Lipinski definition) is 6. The van der Waals surface area contributed by atoms with Gasteiger partial charge < -0.3 is 10.0 Å². The molecule has 1 N–H and O–H groups in total. The Kier molecular flexibility index (Phi) is 7.07. The van der Waals surface area contributed by atoms with E-state index in [-0.39, 0.29) is 19.0 Å². The van der Waals surface area contributed by atoms with Crippen molar-refractivity contribution in [3.05, 3.63) is 82.4 Å². The van der Waals surface area contributed by atoms with Gasteiger partial charge in [-0.05, 0) is 79.6 Å². The lowest BCUT2D eigenvalue weighted by molar-refractivity contribution is -0.137. The third kappa shape index (κ3) is 4.78. The maximum atomic E-state index is 14.0. The summed E-state index contributed by atoms with van der Waals surface area (Å²) < 4.78 is 31.4. The summed E-state index contributed by atoms with van der Waals surface area (Å²) in [6, 6.07) is 17.3. The number of anilines is 1. The number of carbonyl (C=O) groups is 1. The van der Waals surface area contributed by atoms with Crippen LogP contribution >= 0.6 is 0 Å². The summed E-state index contributed by atoms with van der Waals surface area (Å²) in [7, 11) is -3.73. The zero-order valence-corrected chi connectivity index (χ0v) is 24.4. The van der Waals surface area contributed by atoms with Crippen LogP contribution in [-0.4, -0.2) is 57.9 Å². The van der Waals surface area contributed by atoms with Gasteiger partial charge in [0.15, 0.2) is 0 Å². The highest BCUT2D eigenvalue weighted by molar-refractivity contribution is 7.89. The smallest absolute Gasteiger partial charge is 0.304 e. The van der Waals surface area contributed by atoms with E-state index in [1.165, 1.54) is 0 Å². The van der Waals surface area contributed by atoms with E-state index in [2.05, 4.69) is 15.2 Å². The first-order chi connectivity index (χ1) is 19.7. The van der Waals surface area contributed by atoms with Gasteiger partial charge in [-0.2, -0.15) is 4.31 Å². The Balaban J connectivity index is 1.40. The van der Waals surface area contributed by atoms with Crippen molar-refractivity contribution < 1.29 is 18.3 Å². The van der Waals surface area contributed by atoms with Crippen molar-refractivity contribution >= 4 is 32.7 Å². The normalized spacial score (nSPS) is 19.1. The van der Waals surface area contributed by atoms with Crippen LogP contribution in [0.2, 0.25) is 0 Å².